The van der Waals surface area contributed by atoms with Crippen LogP contribution in [0, 0.1) is 6.92 Å². The molecule has 1 aromatic heterocycles. The minimum absolute atomic E-state index is 0.0519. The Morgan fingerprint density at radius 2 is 2.00 bits per heavy atom. The molecule has 0 saturated carbocycles. The van der Waals surface area contributed by atoms with E-state index in [4.69, 9.17) is 0 Å². The number of nitrogens with zero attached hydrogens (tertiary/aromatic N) is 2. The van der Waals surface area contributed by atoms with Crippen LogP contribution in [0.1, 0.15) is 30.1 Å². The Kier molecular flexibility index (Phi) is 3.19. The van der Waals surface area contributed by atoms with Gasteiger partial charge in [0.2, 0.25) is 0 Å². The number of fused-ring (bicyclic) bond motifs is 1. The van der Waals surface area contributed by atoms with Gasteiger partial charge in [-0.15, -0.1) is 0 Å². The lowest BCUT2D eigenvalue weighted by molar-refractivity contribution is -0.924. The van der Waals surface area contributed by atoms with Crippen LogP contribution < -0.4 is 9.80 Å². The third kappa shape index (κ3) is 1.95. The summed E-state index contributed by atoms with van der Waals surface area (Å²) in [4.78, 5) is 20.7. The van der Waals surface area contributed by atoms with Crippen molar-refractivity contribution in [2.24, 2.45) is 0 Å². The van der Waals surface area contributed by atoms with E-state index in [-0.39, 0.29) is 18.1 Å². The summed E-state index contributed by atoms with van der Waals surface area (Å²) in [5.41, 5.74) is 2.47. The van der Waals surface area contributed by atoms with E-state index < -0.39 is 0 Å². The van der Waals surface area contributed by atoms with E-state index >= 15 is 0 Å². The van der Waals surface area contributed by atoms with Gasteiger partial charge in [-0.05, 0) is 24.6 Å². The number of pyridine rings is 1. The number of aromatic nitrogens is 1. The normalized spacial score (nSPS) is 27.2. The molecular weight excluding hydrogens is 274 g/mol. The predicted molar refractivity (Wildman–Crippen MR) is 84.5 cm³/mol. The van der Waals surface area contributed by atoms with Crippen LogP contribution in [0.5, 0.6) is 0 Å². The summed E-state index contributed by atoms with van der Waals surface area (Å²) in [6.45, 7) is 3.18. The van der Waals surface area contributed by atoms with Crippen LogP contribution in [0.2, 0.25) is 0 Å². The van der Waals surface area contributed by atoms with E-state index in [1.54, 1.807) is 6.20 Å². The second-order valence-corrected chi connectivity index (χ2v) is 6.18. The maximum atomic E-state index is 12.9. The SMILES string of the molecule is Cc1ccccc1C1N(c2ccccn2)C(=O)C2CCC[NH+]21. The monoisotopic (exact) mass is 294 g/mol. The fourth-order valence-corrected chi connectivity index (χ4v) is 3.91. The third-order valence-corrected chi connectivity index (χ3v) is 4.93. The molecule has 1 N–H and O–H groups in total. The summed E-state index contributed by atoms with van der Waals surface area (Å²) in [6, 6.07) is 14.3. The molecule has 3 atom stereocenters. The zero-order valence-electron chi connectivity index (χ0n) is 12.7. The third-order valence-electron chi connectivity index (χ3n) is 4.93. The number of quaternary nitrogens is 1. The highest BCUT2D eigenvalue weighted by molar-refractivity contribution is 5.97. The van der Waals surface area contributed by atoms with Gasteiger partial charge in [0.15, 0.2) is 12.2 Å². The lowest BCUT2D eigenvalue weighted by Crippen LogP contribution is -3.12. The van der Waals surface area contributed by atoms with Crippen LogP contribution in [0.25, 0.3) is 0 Å². The molecule has 4 heteroatoms. The number of nitrogens with one attached hydrogen (secondary N) is 1. The summed E-state index contributed by atoms with van der Waals surface area (Å²) in [5.74, 6) is 0.988. The van der Waals surface area contributed by atoms with Crippen molar-refractivity contribution in [1.82, 2.24) is 4.98 Å². The van der Waals surface area contributed by atoms with Gasteiger partial charge in [0.1, 0.15) is 5.82 Å². The number of hydrogen-bond acceptors (Lipinski definition) is 2. The molecule has 22 heavy (non-hydrogen) atoms. The zero-order valence-corrected chi connectivity index (χ0v) is 12.7. The number of benzene rings is 1. The quantitative estimate of drug-likeness (QED) is 0.911. The molecule has 4 rings (SSSR count). The molecule has 0 bridgehead atoms. The van der Waals surface area contributed by atoms with Crippen LogP contribution in [-0.4, -0.2) is 23.5 Å². The Balaban J connectivity index is 1.84. The van der Waals surface area contributed by atoms with Gasteiger partial charge in [0.25, 0.3) is 5.91 Å². The topological polar surface area (TPSA) is 37.6 Å². The van der Waals surface area contributed by atoms with Crippen molar-refractivity contribution in [1.29, 1.82) is 0 Å². The van der Waals surface area contributed by atoms with Crippen molar-refractivity contribution in [2.75, 3.05) is 11.4 Å². The highest BCUT2D eigenvalue weighted by Crippen LogP contribution is 2.30. The summed E-state index contributed by atoms with van der Waals surface area (Å²) in [7, 11) is 0. The van der Waals surface area contributed by atoms with Gasteiger partial charge in [-0.1, -0.05) is 30.3 Å². The molecule has 2 saturated heterocycles. The largest absolute Gasteiger partial charge is 0.301 e. The first kappa shape index (κ1) is 13.5. The number of carbonyl (C=O) groups excluding carboxylic acids is 1. The summed E-state index contributed by atoms with van der Waals surface area (Å²) >= 11 is 0. The number of anilines is 1. The molecule has 4 nitrogen and oxygen atoms in total. The van der Waals surface area contributed by atoms with Gasteiger partial charge < -0.3 is 4.90 Å². The summed E-state index contributed by atoms with van der Waals surface area (Å²) in [5, 5.41) is 0. The van der Waals surface area contributed by atoms with Crippen molar-refractivity contribution in [3.8, 4) is 0 Å². The molecule has 2 aliphatic heterocycles. The van der Waals surface area contributed by atoms with Gasteiger partial charge in [0, 0.05) is 24.6 Å². The number of aryl methyl sites for hydroxylation is 1. The Bertz CT molecular complexity index is 700. The molecule has 2 aromatic rings. The Hall–Kier alpha value is -2.20. The van der Waals surface area contributed by atoms with Crippen LogP contribution in [-0.2, 0) is 4.79 Å². The second kappa shape index (κ2) is 5.21. The second-order valence-electron chi connectivity index (χ2n) is 6.18. The first-order chi connectivity index (χ1) is 10.8. The lowest BCUT2D eigenvalue weighted by Gasteiger charge is -2.26. The molecule has 3 unspecified atom stereocenters. The molecule has 0 spiro atoms. The highest BCUT2D eigenvalue weighted by Gasteiger charge is 2.54. The minimum atomic E-state index is 0.0519. The van der Waals surface area contributed by atoms with Crippen molar-refractivity contribution < 1.29 is 9.69 Å². The lowest BCUT2D eigenvalue weighted by atomic mass is 10.1. The van der Waals surface area contributed by atoms with Crippen LogP contribution in [0.3, 0.4) is 0 Å². The van der Waals surface area contributed by atoms with Gasteiger partial charge >= 0.3 is 0 Å². The van der Waals surface area contributed by atoms with Gasteiger partial charge in [-0.25, -0.2) is 9.88 Å². The fourth-order valence-electron chi connectivity index (χ4n) is 3.91. The predicted octanol–water partition coefficient (Wildman–Crippen LogP) is 1.48. The van der Waals surface area contributed by atoms with Crippen molar-refractivity contribution in [3.05, 3.63) is 59.8 Å². The minimum Gasteiger partial charge on any atom is -0.301 e. The Labute approximate surface area is 130 Å². The zero-order chi connectivity index (χ0) is 15.1. The van der Waals surface area contributed by atoms with E-state index in [9.17, 15) is 4.79 Å². The maximum Gasteiger partial charge on any atom is 0.291 e. The molecular formula is C18H20N3O+. The van der Waals surface area contributed by atoms with Crippen LogP contribution in [0.4, 0.5) is 5.82 Å². The standard InChI is InChI=1S/C18H19N3O/c1-13-7-2-3-8-14(13)17-20-12-6-9-15(20)18(22)21(17)16-10-4-5-11-19-16/h2-5,7-8,10-11,15,17H,6,9,12H2,1H3/p+1. The van der Waals surface area contributed by atoms with E-state index in [2.05, 4.69) is 36.2 Å². The van der Waals surface area contributed by atoms with E-state index in [0.29, 0.717) is 0 Å². The molecule has 1 aromatic carbocycles. The number of carbonyl (C=O) groups is 1. The molecule has 2 fully saturated rings. The molecule has 0 radical (unpaired) electrons. The summed E-state index contributed by atoms with van der Waals surface area (Å²) < 4.78 is 0. The van der Waals surface area contributed by atoms with Crippen LogP contribution >= 0.6 is 0 Å². The van der Waals surface area contributed by atoms with E-state index in [0.717, 1.165) is 25.2 Å². The molecule has 2 aliphatic rings. The smallest absolute Gasteiger partial charge is 0.291 e. The van der Waals surface area contributed by atoms with Crippen LogP contribution in [0.15, 0.2) is 48.7 Å². The summed E-state index contributed by atoms with van der Waals surface area (Å²) in [6.07, 6.45) is 3.93. The average Bonchev–Trinajstić information content (AvgIpc) is 3.11. The molecule has 3 heterocycles. The van der Waals surface area contributed by atoms with E-state index in [1.807, 2.05) is 23.1 Å². The average molecular weight is 294 g/mol. The van der Waals surface area contributed by atoms with Crippen molar-refractivity contribution in [3.63, 3.8) is 0 Å². The maximum absolute atomic E-state index is 12.9. The van der Waals surface area contributed by atoms with Gasteiger partial charge in [-0.2, -0.15) is 0 Å². The Morgan fingerprint density at radius 1 is 1.18 bits per heavy atom. The molecule has 112 valence electrons. The van der Waals surface area contributed by atoms with E-state index in [1.165, 1.54) is 16.0 Å². The molecule has 0 aliphatic carbocycles. The van der Waals surface area contributed by atoms with Crippen molar-refractivity contribution >= 4 is 11.7 Å². The molecule has 1 amide bonds. The number of hydrogen-bond donors (Lipinski definition) is 1. The highest BCUT2D eigenvalue weighted by atomic mass is 16.2. The van der Waals surface area contributed by atoms with Gasteiger partial charge in [0.05, 0.1) is 6.54 Å². The Morgan fingerprint density at radius 3 is 2.77 bits per heavy atom. The van der Waals surface area contributed by atoms with Gasteiger partial charge in [-0.3, -0.25) is 4.79 Å². The van der Waals surface area contributed by atoms with Crippen molar-refractivity contribution in [2.45, 2.75) is 32.0 Å². The first-order valence-electron chi connectivity index (χ1n) is 7.92. The number of amides is 1. The fraction of sp³-hybridized carbons (Fsp3) is 0.333. The number of rotatable bonds is 2. The first-order valence-corrected chi connectivity index (χ1v) is 7.92.